The first-order valence-electron chi connectivity index (χ1n) is 7.52. The third kappa shape index (κ3) is 2.65. The average molecular weight is 310 g/mol. The minimum Gasteiger partial charge on any atom is -0.408 e. The van der Waals surface area contributed by atoms with Crippen LogP contribution in [0.3, 0.4) is 0 Å². The Morgan fingerprint density at radius 1 is 1.22 bits per heavy atom. The van der Waals surface area contributed by atoms with Crippen molar-refractivity contribution < 1.29 is 8.81 Å². The SMILES string of the molecule is O=c1[nH]c2cc(F)c(NCC3=Cc4ccccc4CC3)cc2o1. The molecule has 0 radical (unpaired) electrons. The van der Waals surface area contributed by atoms with Gasteiger partial charge in [0.2, 0.25) is 0 Å². The molecule has 116 valence electrons. The molecule has 0 spiro atoms. The third-order valence-electron chi connectivity index (χ3n) is 4.14. The summed E-state index contributed by atoms with van der Waals surface area (Å²) in [6.45, 7) is 0.561. The van der Waals surface area contributed by atoms with Crippen LogP contribution in [0.25, 0.3) is 17.2 Å². The highest BCUT2D eigenvalue weighted by Crippen LogP contribution is 2.25. The van der Waals surface area contributed by atoms with Gasteiger partial charge >= 0.3 is 5.76 Å². The maximum atomic E-state index is 14.1. The fourth-order valence-electron chi connectivity index (χ4n) is 2.94. The van der Waals surface area contributed by atoms with E-state index in [9.17, 15) is 9.18 Å². The van der Waals surface area contributed by atoms with Crippen molar-refractivity contribution in [3.05, 3.63) is 69.5 Å². The van der Waals surface area contributed by atoms with Crippen LogP contribution in [0.1, 0.15) is 17.5 Å². The predicted octanol–water partition coefficient (Wildman–Crippen LogP) is 3.70. The van der Waals surface area contributed by atoms with Crippen molar-refractivity contribution in [1.82, 2.24) is 4.98 Å². The molecule has 0 fully saturated rings. The average Bonchev–Trinajstić information content (AvgIpc) is 2.91. The highest BCUT2D eigenvalue weighted by molar-refractivity contribution is 5.77. The summed E-state index contributed by atoms with van der Waals surface area (Å²) in [4.78, 5) is 13.6. The predicted molar refractivity (Wildman–Crippen MR) is 88.0 cm³/mol. The number of aryl methyl sites for hydroxylation is 1. The zero-order valence-corrected chi connectivity index (χ0v) is 12.4. The highest BCUT2D eigenvalue weighted by atomic mass is 19.1. The van der Waals surface area contributed by atoms with Crippen molar-refractivity contribution in [3.8, 4) is 0 Å². The molecule has 0 saturated heterocycles. The minimum atomic E-state index is -0.580. The number of rotatable bonds is 3. The first-order valence-corrected chi connectivity index (χ1v) is 7.52. The van der Waals surface area contributed by atoms with Crippen molar-refractivity contribution in [2.45, 2.75) is 12.8 Å². The molecule has 0 atom stereocenters. The number of nitrogens with one attached hydrogen (secondary N) is 2. The second kappa shape index (κ2) is 5.43. The summed E-state index contributed by atoms with van der Waals surface area (Å²) in [5.41, 5.74) is 4.84. The van der Waals surface area contributed by atoms with E-state index in [1.807, 2.05) is 12.1 Å². The van der Waals surface area contributed by atoms with Gasteiger partial charge in [-0.2, -0.15) is 0 Å². The number of halogens is 1. The summed E-state index contributed by atoms with van der Waals surface area (Å²) >= 11 is 0. The molecule has 4 rings (SSSR count). The van der Waals surface area contributed by atoms with Gasteiger partial charge in [-0.1, -0.05) is 35.9 Å². The van der Waals surface area contributed by atoms with Crippen LogP contribution < -0.4 is 11.1 Å². The topological polar surface area (TPSA) is 58.0 Å². The van der Waals surface area contributed by atoms with Crippen LogP contribution >= 0.6 is 0 Å². The molecular formula is C18H15FN2O2. The number of hydrogen-bond acceptors (Lipinski definition) is 3. The number of oxazole rings is 1. The van der Waals surface area contributed by atoms with Gasteiger partial charge in [0.1, 0.15) is 5.82 Å². The smallest absolute Gasteiger partial charge is 0.408 e. The van der Waals surface area contributed by atoms with Gasteiger partial charge in [0.15, 0.2) is 5.58 Å². The lowest BCUT2D eigenvalue weighted by atomic mass is 9.92. The normalized spacial score (nSPS) is 13.7. The van der Waals surface area contributed by atoms with E-state index in [0.29, 0.717) is 23.3 Å². The van der Waals surface area contributed by atoms with Crippen LogP contribution in [0.5, 0.6) is 0 Å². The fourth-order valence-corrected chi connectivity index (χ4v) is 2.94. The number of aromatic amines is 1. The summed E-state index contributed by atoms with van der Waals surface area (Å²) in [5.74, 6) is -0.991. The Labute approximate surface area is 131 Å². The molecule has 4 nitrogen and oxygen atoms in total. The van der Waals surface area contributed by atoms with E-state index in [4.69, 9.17) is 4.42 Å². The first kappa shape index (κ1) is 13.8. The maximum Gasteiger partial charge on any atom is 0.417 e. The number of benzene rings is 2. The molecule has 23 heavy (non-hydrogen) atoms. The molecule has 0 bridgehead atoms. The lowest BCUT2D eigenvalue weighted by Gasteiger charge is -2.17. The number of H-pyrrole nitrogens is 1. The molecule has 1 aliphatic carbocycles. The van der Waals surface area contributed by atoms with Crippen molar-refractivity contribution in [1.29, 1.82) is 0 Å². The number of anilines is 1. The number of hydrogen-bond donors (Lipinski definition) is 2. The van der Waals surface area contributed by atoms with Crippen LogP contribution in [0.2, 0.25) is 0 Å². The third-order valence-corrected chi connectivity index (χ3v) is 4.14. The molecule has 0 aliphatic heterocycles. The molecule has 1 aliphatic rings. The Hall–Kier alpha value is -2.82. The Morgan fingerprint density at radius 3 is 3.00 bits per heavy atom. The van der Waals surface area contributed by atoms with E-state index in [1.165, 1.54) is 28.8 Å². The molecule has 3 aromatic rings. The van der Waals surface area contributed by atoms with E-state index < -0.39 is 11.6 Å². The van der Waals surface area contributed by atoms with Crippen LogP contribution in [0, 0.1) is 5.82 Å². The standard InChI is InChI=1S/C18H15FN2O2/c19-14-8-16-17(23-18(22)21-16)9-15(14)20-10-11-5-6-12-3-1-2-4-13(12)7-11/h1-4,7-9,20H,5-6,10H2,(H,21,22). The van der Waals surface area contributed by atoms with E-state index in [2.05, 4.69) is 28.5 Å². The number of aromatic nitrogens is 1. The Morgan fingerprint density at radius 2 is 2.09 bits per heavy atom. The Balaban J connectivity index is 1.56. The van der Waals surface area contributed by atoms with Gasteiger partial charge in [-0.25, -0.2) is 9.18 Å². The number of fused-ring (bicyclic) bond motifs is 2. The molecule has 1 heterocycles. The quantitative estimate of drug-likeness (QED) is 0.775. The van der Waals surface area contributed by atoms with Crippen molar-refractivity contribution in [3.63, 3.8) is 0 Å². The summed E-state index contributed by atoms with van der Waals surface area (Å²) in [6, 6.07) is 11.1. The molecule has 0 saturated carbocycles. The van der Waals surface area contributed by atoms with Crippen LogP contribution in [0.15, 0.2) is 51.2 Å². The van der Waals surface area contributed by atoms with E-state index in [-0.39, 0.29) is 0 Å². The summed E-state index contributed by atoms with van der Waals surface area (Å²) in [7, 11) is 0. The second-order valence-corrected chi connectivity index (χ2v) is 5.70. The molecule has 2 N–H and O–H groups in total. The van der Waals surface area contributed by atoms with Crippen molar-refractivity contribution >= 4 is 22.9 Å². The largest absolute Gasteiger partial charge is 0.417 e. The minimum absolute atomic E-state index is 0.333. The van der Waals surface area contributed by atoms with Gasteiger partial charge in [-0.15, -0.1) is 0 Å². The van der Waals surface area contributed by atoms with Crippen LogP contribution in [-0.2, 0) is 6.42 Å². The summed E-state index contributed by atoms with van der Waals surface area (Å²) < 4.78 is 19.0. The zero-order chi connectivity index (χ0) is 15.8. The monoisotopic (exact) mass is 310 g/mol. The van der Waals surface area contributed by atoms with Gasteiger partial charge in [-0.3, -0.25) is 4.98 Å². The van der Waals surface area contributed by atoms with Crippen molar-refractivity contribution in [2.75, 3.05) is 11.9 Å². The van der Waals surface area contributed by atoms with E-state index >= 15 is 0 Å². The van der Waals surface area contributed by atoms with E-state index in [1.54, 1.807) is 0 Å². The first-order chi connectivity index (χ1) is 11.2. The van der Waals surface area contributed by atoms with Crippen molar-refractivity contribution in [2.24, 2.45) is 0 Å². The zero-order valence-electron chi connectivity index (χ0n) is 12.4. The summed E-state index contributed by atoms with van der Waals surface area (Å²) in [6.07, 6.45) is 4.10. The molecular weight excluding hydrogens is 295 g/mol. The molecule has 1 aromatic heterocycles. The molecule has 2 aromatic carbocycles. The maximum absolute atomic E-state index is 14.1. The molecule has 0 amide bonds. The Kier molecular flexibility index (Phi) is 3.26. The lowest BCUT2D eigenvalue weighted by Crippen LogP contribution is -2.10. The van der Waals surface area contributed by atoms with Gasteiger partial charge < -0.3 is 9.73 Å². The van der Waals surface area contributed by atoms with Gasteiger partial charge in [0.25, 0.3) is 0 Å². The molecule has 5 heteroatoms. The van der Waals surface area contributed by atoms with Gasteiger partial charge in [0, 0.05) is 18.7 Å². The van der Waals surface area contributed by atoms with Crippen LogP contribution in [0.4, 0.5) is 10.1 Å². The van der Waals surface area contributed by atoms with Gasteiger partial charge in [-0.05, 0) is 24.0 Å². The highest BCUT2D eigenvalue weighted by Gasteiger charge is 2.12. The van der Waals surface area contributed by atoms with Gasteiger partial charge in [0.05, 0.1) is 11.2 Å². The lowest BCUT2D eigenvalue weighted by molar-refractivity contribution is 0.555. The summed E-state index contributed by atoms with van der Waals surface area (Å²) in [5, 5.41) is 3.10. The molecule has 0 unspecified atom stereocenters. The Bertz CT molecular complexity index is 969. The van der Waals surface area contributed by atoms with Crippen LogP contribution in [-0.4, -0.2) is 11.5 Å². The fraction of sp³-hybridized carbons (Fsp3) is 0.167. The van der Waals surface area contributed by atoms with E-state index in [0.717, 1.165) is 12.8 Å². The second-order valence-electron chi connectivity index (χ2n) is 5.70.